The van der Waals surface area contributed by atoms with Crippen molar-refractivity contribution in [3.63, 3.8) is 0 Å². The average Bonchev–Trinajstić information content (AvgIpc) is 2.79. The number of para-hydroxylation sites is 1. The molecule has 2 aromatic heterocycles. The highest BCUT2D eigenvalue weighted by molar-refractivity contribution is 5.82. The maximum atomic E-state index is 4.65. The van der Waals surface area contributed by atoms with E-state index in [-0.39, 0.29) is 0 Å². The first-order chi connectivity index (χ1) is 14.8. The van der Waals surface area contributed by atoms with Gasteiger partial charge in [0.05, 0.1) is 17.4 Å². The van der Waals surface area contributed by atoms with Crippen molar-refractivity contribution in [2.45, 2.75) is 32.4 Å². The topological polar surface area (TPSA) is 41.1 Å². The molecule has 30 heavy (non-hydrogen) atoms. The first kappa shape index (κ1) is 18.8. The molecule has 1 unspecified atom stereocenters. The number of rotatable bonds is 5. The zero-order valence-corrected chi connectivity index (χ0v) is 17.3. The van der Waals surface area contributed by atoms with E-state index in [9.17, 15) is 0 Å². The van der Waals surface area contributed by atoms with Crippen LogP contribution in [0.2, 0.25) is 0 Å². The summed E-state index contributed by atoms with van der Waals surface area (Å²) in [6.07, 6.45) is 5.89. The minimum absolute atomic E-state index is 0.509. The van der Waals surface area contributed by atoms with Crippen molar-refractivity contribution < 1.29 is 0 Å². The van der Waals surface area contributed by atoms with Gasteiger partial charge in [-0.05, 0) is 49.1 Å². The number of nitrogens with one attached hydrogen (secondary N) is 1. The monoisotopic (exact) mass is 394 g/mol. The number of fused-ring (bicyclic) bond motifs is 2. The van der Waals surface area contributed by atoms with Gasteiger partial charge in [-0.25, -0.2) is 4.98 Å². The number of hydrogen-bond acceptors (Lipinski definition) is 4. The fourth-order valence-electron chi connectivity index (χ4n) is 4.36. The summed E-state index contributed by atoms with van der Waals surface area (Å²) in [4.78, 5) is 11.8. The van der Waals surface area contributed by atoms with Crippen molar-refractivity contribution in [3.05, 3.63) is 95.8 Å². The first-order valence-corrected chi connectivity index (χ1v) is 10.6. The van der Waals surface area contributed by atoms with E-state index >= 15 is 0 Å². The first-order valence-electron chi connectivity index (χ1n) is 10.6. The van der Waals surface area contributed by atoms with Gasteiger partial charge in [0.15, 0.2) is 0 Å². The van der Waals surface area contributed by atoms with Gasteiger partial charge in [0.1, 0.15) is 5.82 Å². The van der Waals surface area contributed by atoms with E-state index in [0.717, 1.165) is 48.3 Å². The van der Waals surface area contributed by atoms with E-state index < -0.39 is 0 Å². The molecule has 4 aromatic rings. The molecule has 0 bridgehead atoms. The maximum Gasteiger partial charge on any atom is 0.133 e. The lowest BCUT2D eigenvalue weighted by atomic mass is 9.97. The van der Waals surface area contributed by atoms with E-state index in [1.807, 2.05) is 30.6 Å². The van der Waals surface area contributed by atoms with E-state index in [1.54, 1.807) is 0 Å². The van der Waals surface area contributed by atoms with E-state index in [4.69, 9.17) is 0 Å². The maximum absolute atomic E-state index is 4.65. The van der Waals surface area contributed by atoms with Gasteiger partial charge in [0.25, 0.3) is 0 Å². The minimum Gasteiger partial charge on any atom is -0.339 e. The Morgan fingerprint density at radius 1 is 1.00 bits per heavy atom. The van der Waals surface area contributed by atoms with Crippen molar-refractivity contribution in [1.29, 1.82) is 0 Å². The summed E-state index contributed by atoms with van der Waals surface area (Å²) in [5.41, 5.74) is 6.08. The third-order valence-electron chi connectivity index (χ3n) is 6.03. The van der Waals surface area contributed by atoms with Gasteiger partial charge in [-0.15, -0.1) is 0 Å². The SMILES string of the molecule is CC(Cc1ccccc1)N1CCc2c(ccnc2Nc2cnc3ccccc3c2)C1. The molecule has 0 saturated carbocycles. The zero-order chi connectivity index (χ0) is 20.3. The van der Waals surface area contributed by atoms with Crippen LogP contribution in [-0.2, 0) is 19.4 Å². The van der Waals surface area contributed by atoms with Crippen molar-refractivity contribution in [1.82, 2.24) is 14.9 Å². The fraction of sp³-hybridized carbons (Fsp3) is 0.231. The molecular formula is C26H26N4. The lowest BCUT2D eigenvalue weighted by molar-refractivity contribution is 0.189. The normalized spacial score (nSPS) is 15.0. The van der Waals surface area contributed by atoms with Gasteiger partial charge in [-0.2, -0.15) is 0 Å². The molecular weight excluding hydrogens is 368 g/mol. The van der Waals surface area contributed by atoms with Crippen LogP contribution in [0.15, 0.2) is 79.1 Å². The molecule has 5 rings (SSSR count). The second kappa shape index (κ2) is 8.25. The lowest BCUT2D eigenvalue weighted by Gasteiger charge is -2.34. The van der Waals surface area contributed by atoms with Crippen LogP contribution in [0.3, 0.4) is 0 Å². The molecule has 3 heterocycles. The molecule has 0 fully saturated rings. The summed E-state index contributed by atoms with van der Waals surface area (Å²) < 4.78 is 0. The third kappa shape index (κ3) is 3.91. The average molecular weight is 395 g/mol. The number of benzene rings is 2. The van der Waals surface area contributed by atoms with Crippen molar-refractivity contribution in [3.8, 4) is 0 Å². The van der Waals surface area contributed by atoms with Gasteiger partial charge in [-0.3, -0.25) is 9.88 Å². The number of hydrogen-bond donors (Lipinski definition) is 1. The van der Waals surface area contributed by atoms with Gasteiger partial charge in [0.2, 0.25) is 0 Å². The Morgan fingerprint density at radius 2 is 1.83 bits per heavy atom. The van der Waals surface area contributed by atoms with Crippen LogP contribution >= 0.6 is 0 Å². The molecule has 0 saturated heterocycles. The molecule has 1 aliphatic heterocycles. The predicted molar refractivity (Wildman–Crippen MR) is 123 cm³/mol. The standard InChI is InChI=1S/C26H26N4/c1-19(15-20-7-3-2-4-8-20)30-14-12-24-22(18-30)11-13-27-26(24)29-23-16-21-9-5-6-10-25(21)28-17-23/h2-11,13,16-17,19H,12,14-15,18H2,1H3,(H,27,29). The van der Waals surface area contributed by atoms with Crippen molar-refractivity contribution in [2.24, 2.45) is 0 Å². The van der Waals surface area contributed by atoms with Crippen molar-refractivity contribution >= 4 is 22.4 Å². The molecule has 1 N–H and O–H groups in total. The van der Waals surface area contributed by atoms with Crippen LogP contribution in [0.1, 0.15) is 23.6 Å². The summed E-state index contributed by atoms with van der Waals surface area (Å²) >= 11 is 0. The van der Waals surface area contributed by atoms with Crippen LogP contribution in [0, 0.1) is 0 Å². The quantitative estimate of drug-likeness (QED) is 0.495. The van der Waals surface area contributed by atoms with E-state index in [2.05, 4.69) is 75.6 Å². The number of pyridine rings is 2. The van der Waals surface area contributed by atoms with E-state index in [1.165, 1.54) is 16.7 Å². The Labute approximate surface area is 177 Å². The summed E-state index contributed by atoms with van der Waals surface area (Å²) in [6, 6.07) is 23.8. The van der Waals surface area contributed by atoms with Gasteiger partial charge in [0, 0.05) is 36.3 Å². The second-order valence-electron chi connectivity index (χ2n) is 8.10. The third-order valence-corrected chi connectivity index (χ3v) is 6.03. The molecule has 0 spiro atoms. The Bertz CT molecular complexity index is 1160. The highest BCUT2D eigenvalue weighted by atomic mass is 15.2. The Kier molecular flexibility index (Phi) is 5.16. The fourth-order valence-corrected chi connectivity index (χ4v) is 4.36. The molecule has 2 aromatic carbocycles. The summed E-state index contributed by atoms with van der Waals surface area (Å²) in [5.74, 6) is 0.958. The predicted octanol–water partition coefficient (Wildman–Crippen LogP) is 5.36. The van der Waals surface area contributed by atoms with Crippen LogP contribution in [-0.4, -0.2) is 27.5 Å². The van der Waals surface area contributed by atoms with Crippen molar-refractivity contribution in [2.75, 3.05) is 11.9 Å². The van der Waals surface area contributed by atoms with Gasteiger partial charge >= 0.3 is 0 Å². The smallest absolute Gasteiger partial charge is 0.133 e. The van der Waals surface area contributed by atoms with Crippen LogP contribution in [0.25, 0.3) is 10.9 Å². The molecule has 4 heteroatoms. The summed E-state index contributed by atoms with van der Waals surface area (Å²) in [7, 11) is 0. The van der Waals surface area contributed by atoms with Crippen LogP contribution in [0.4, 0.5) is 11.5 Å². The number of aromatic nitrogens is 2. The largest absolute Gasteiger partial charge is 0.339 e. The zero-order valence-electron chi connectivity index (χ0n) is 17.3. The molecule has 4 nitrogen and oxygen atoms in total. The van der Waals surface area contributed by atoms with Gasteiger partial charge < -0.3 is 5.32 Å². The molecule has 0 amide bonds. The second-order valence-corrected chi connectivity index (χ2v) is 8.10. The summed E-state index contributed by atoms with van der Waals surface area (Å²) in [5, 5.41) is 4.65. The molecule has 0 radical (unpaired) electrons. The van der Waals surface area contributed by atoms with Gasteiger partial charge in [-0.1, -0.05) is 48.5 Å². The van der Waals surface area contributed by atoms with E-state index in [0.29, 0.717) is 6.04 Å². The molecule has 1 aliphatic rings. The highest BCUT2D eigenvalue weighted by Crippen LogP contribution is 2.28. The lowest BCUT2D eigenvalue weighted by Crippen LogP contribution is -2.39. The number of nitrogens with zero attached hydrogens (tertiary/aromatic N) is 3. The Hall–Kier alpha value is -3.24. The molecule has 150 valence electrons. The molecule has 1 atom stereocenters. The summed E-state index contributed by atoms with van der Waals surface area (Å²) in [6.45, 7) is 4.35. The van der Waals surface area contributed by atoms with Crippen LogP contribution in [0.5, 0.6) is 0 Å². The number of anilines is 2. The Balaban J connectivity index is 1.33. The Morgan fingerprint density at radius 3 is 2.73 bits per heavy atom. The molecule has 0 aliphatic carbocycles. The van der Waals surface area contributed by atoms with Crippen LogP contribution < -0.4 is 5.32 Å². The highest BCUT2D eigenvalue weighted by Gasteiger charge is 2.23. The minimum atomic E-state index is 0.509.